The maximum absolute atomic E-state index is 13.0. The summed E-state index contributed by atoms with van der Waals surface area (Å²) in [6.45, 7) is 5.79. The van der Waals surface area contributed by atoms with Gasteiger partial charge < -0.3 is 20.3 Å². The maximum atomic E-state index is 13.0. The van der Waals surface area contributed by atoms with Crippen LogP contribution in [0.25, 0.3) is 0 Å². The monoisotopic (exact) mass is 374 g/mol. The second-order valence-electron chi connectivity index (χ2n) is 7.52. The van der Waals surface area contributed by atoms with Crippen molar-refractivity contribution in [1.29, 1.82) is 0 Å². The van der Waals surface area contributed by atoms with Crippen LogP contribution in [-0.2, 0) is 4.79 Å². The predicted molar refractivity (Wildman–Crippen MR) is 104 cm³/mol. The molecule has 0 unspecified atom stereocenters. The number of hydrogen-bond donors (Lipinski definition) is 1. The van der Waals surface area contributed by atoms with Crippen LogP contribution in [0.5, 0.6) is 5.75 Å². The summed E-state index contributed by atoms with van der Waals surface area (Å²) in [5, 5.41) is 0. The highest BCUT2D eigenvalue weighted by atomic mass is 16.5. The largest absolute Gasteiger partial charge is 0.484 e. The van der Waals surface area contributed by atoms with Gasteiger partial charge in [0.05, 0.1) is 0 Å². The van der Waals surface area contributed by atoms with Crippen LogP contribution >= 0.6 is 0 Å². The molecule has 2 aliphatic rings. The van der Waals surface area contributed by atoms with E-state index in [2.05, 4.69) is 16.8 Å². The lowest BCUT2D eigenvalue weighted by Crippen LogP contribution is -2.52. The minimum absolute atomic E-state index is 0.0671. The van der Waals surface area contributed by atoms with E-state index in [0.717, 1.165) is 52.1 Å². The van der Waals surface area contributed by atoms with Gasteiger partial charge in [-0.15, -0.1) is 0 Å². The van der Waals surface area contributed by atoms with Crippen LogP contribution in [0.1, 0.15) is 29.6 Å². The molecule has 0 aromatic heterocycles. The fraction of sp³-hybridized carbons (Fsp3) is 0.600. The molecule has 1 atom stereocenters. The van der Waals surface area contributed by atoms with Crippen molar-refractivity contribution in [2.45, 2.75) is 25.3 Å². The molecule has 7 nitrogen and oxygen atoms in total. The summed E-state index contributed by atoms with van der Waals surface area (Å²) < 4.78 is 5.26. The number of benzene rings is 1. The van der Waals surface area contributed by atoms with Gasteiger partial charge in [0.2, 0.25) is 0 Å². The molecule has 0 bridgehead atoms. The third-order valence-electron chi connectivity index (χ3n) is 5.47. The van der Waals surface area contributed by atoms with Crippen LogP contribution in [0, 0.1) is 0 Å². The molecule has 0 spiro atoms. The number of hydrogen-bond acceptors (Lipinski definition) is 5. The summed E-state index contributed by atoms with van der Waals surface area (Å²) in [5.74, 6) is 0.0867. The van der Waals surface area contributed by atoms with Crippen LogP contribution < -0.4 is 10.5 Å². The Labute approximate surface area is 161 Å². The van der Waals surface area contributed by atoms with Gasteiger partial charge in [-0.3, -0.25) is 14.5 Å². The summed E-state index contributed by atoms with van der Waals surface area (Å²) in [6, 6.07) is 7.39. The molecule has 2 heterocycles. The van der Waals surface area contributed by atoms with E-state index in [4.69, 9.17) is 10.5 Å². The number of carbonyl (C=O) groups excluding carboxylic acids is 2. The number of nitrogens with two attached hydrogens (primary N) is 1. The normalized spacial score (nSPS) is 22.3. The molecule has 0 aliphatic carbocycles. The first-order valence-electron chi connectivity index (χ1n) is 9.76. The van der Waals surface area contributed by atoms with Crippen LogP contribution in [0.15, 0.2) is 24.3 Å². The number of rotatable bonds is 5. The maximum Gasteiger partial charge on any atom is 0.255 e. The van der Waals surface area contributed by atoms with Gasteiger partial charge in [-0.1, -0.05) is 6.42 Å². The first kappa shape index (κ1) is 19.6. The van der Waals surface area contributed by atoms with E-state index < -0.39 is 5.91 Å². The SMILES string of the molecule is CN1CCN([C@H]2CCCCN(C(=O)c3ccc(OCC(N)=O)cc3)C2)CC1. The quantitative estimate of drug-likeness (QED) is 0.824. The Kier molecular flexibility index (Phi) is 6.68. The lowest BCUT2D eigenvalue weighted by molar-refractivity contribution is -0.119. The standard InChI is InChI=1S/C20H30N4O3/c1-22-10-12-23(13-11-22)17-4-2-3-9-24(14-17)20(26)16-5-7-18(8-6-16)27-15-19(21)25/h5-8,17H,2-4,9-15H2,1H3,(H2,21,25)/t17-/m0/s1. The Morgan fingerprint density at radius 1 is 1.07 bits per heavy atom. The molecule has 148 valence electrons. The Bertz CT molecular complexity index is 641. The topological polar surface area (TPSA) is 79.1 Å². The smallest absolute Gasteiger partial charge is 0.255 e. The Hall–Kier alpha value is -2.12. The molecular formula is C20H30N4O3. The van der Waals surface area contributed by atoms with Gasteiger partial charge in [0.15, 0.2) is 6.61 Å². The molecule has 2 aliphatic heterocycles. The average Bonchev–Trinajstić information content (AvgIpc) is 2.93. The molecule has 7 heteroatoms. The Morgan fingerprint density at radius 2 is 1.78 bits per heavy atom. The number of primary amides is 1. The van der Waals surface area contributed by atoms with E-state index in [-0.39, 0.29) is 12.5 Å². The van der Waals surface area contributed by atoms with Gasteiger partial charge in [0.1, 0.15) is 5.75 Å². The summed E-state index contributed by atoms with van der Waals surface area (Å²) in [6.07, 6.45) is 3.38. The fourth-order valence-electron chi connectivity index (χ4n) is 3.82. The van der Waals surface area contributed by atoms with E-state index in [1.54, 1.807) is 24.3 Å². The van der Waals surface area contributed by atoms with Gasteiger partial charge in [0, 0.05) is 50.9 Å². The molecule has 0 saturated carbocycles. The highest BCUT2D eigenvalue weighted by molar-refractivity contribution is 5.94. The predicted octanol–water partition coefficient (Wildman–Crippen LogP) is 0.793. The van der Waals surface area contributed by atoms with Crippen LogP contribution in [-0.4, -0.2) is 85.5 Å². The number of piperazine rings is 1. The number of ether oxygens (including phenoxy) is 1. The van der Waals surface area contributed by atoms with Gasteiger partial charge in [0.25, 0.3) is 11.8 Å². The fourth-order valence-corrected chi connectivity index (χ4v) is 3.82. The summed E-state index contributed by atoms with van der Waals surface area (Å²) in [7, 11) is 2.16. The minimum atomic E-state index is -0.519. The molecular weight excluding hydrogens is 344 g/mol. The molecule has 1 aromatic carbocycles. The lowest BCUT2D eigenvalue weighted by atomic mass is 10.1. The van der Waals surface area contributed by atoms with Crippen LogP contribution in [0.4, 0.5) is 0 Å². The zero-order valence-electron chi connectivity index (χ0n) is 16.1. The summed E-state index contributed by atoms with van der Waals surface area (Å²) in [5.41, 5.74) is 5.73. The third-order valence-corrected chi connectivity index (χ3v) is 5.47. The highest BCUT2D eigenvalue weighted by Crippen LogP contribution is 2.20. The molecule has 27 heavy (non-hydrogen) atoms. The van der Waals surface area contributed by atoms with Crippen molar-refractivity contribution in [2.75, 3.05) is 52.9 Å². The second-order valence-corrected chi connectivity index (χ2v) is 7.52. The van der Waals surface area contributed by atoms with Crippen molar-refractivity contribution in [2.24, 2.45) is 5.73 Å². The summed E-state index contributed by atoms with van der Waals surface area (Å²) in [4.78, 5) is 30.7. The Morgan fingerprint density at radius 3 is 2.44 bits per heavy atom. The van der Waals surface area contributed by atoms with E-state index in [0.29, 0.717) is 17.4 Å². The van der Waals surface area contributed by atoms with Crippen molar-refractivity contribution >= 4 is 11.8 Å². The van der Waals surface area contributed by atoms with E-state index in [9.17, 15) is 9.59 Å². The van der Waals surface area contributed by atoms with Gasteiger partial charge >= 0.3 is 0 Å². The van der Waals surface area contributed by atoms with Gasteiger partial charge in [-0.25, -0.2) is 0 Å². The minimum Gasteiger partial charge on any atom is -0.484 e. The third kappa shape index (κ3) is 5.43. The lowest BCUT2D eigenvalue weighted by Gasteiger charge is -2.39. The van der Waals surface area contributed by atoms with Gasteiger partial charge in [-0.2, -0.15) is 0 Å². The molecule has 2 saturated heterocycles. The molecule has 1 aromatic rings. The van der Waals surface area contributed by atoms with E-state index in [1.165, 1.54) is 6.42 Å². The number of amides is 2. The van der Waals surface area contributed by atoms with Crippen LogP contribution in [0.3, 0.4) is 0 Å². The van der Waals surface area contributed by atoms with Crippen molar-refractivity contribution in [1.82, 2.24) is 14.7 Å². The molecule has 2 N–H and O–H groups in total. The average molecular weight is 374 g/mol. The second kappa shape index (κ2) is 9.19. The van der Waals surface area contributed by atoms with E-state index >= 15 is 0 Å². The van der Waals surface area contributed by atoms with E-state index in [1.807, 2.05) is 4.90 Å². The Balaban J connectivity index is 1.61. The van der Waals surface area contributed by atoms with Crippen molar-refractivity contribution in [3.63, 3.8) is 0 Å². The molecule has 0 radical (unpaired) electrons. The first-order chi connectivity index (χ1) is 13.0. The highest BCUT2D eigenvalue weighted by Gasteiger charge is 2.28. The molecule has 2 fully saturated rings. The first-order valence-corrected chi connectivity index (χ1v) is 9.76. The van der Waals surface area contributed by atoms with Gasteiger partial charge in [-0.05, 0) is 44.2 Å². The number of nitrogens with zero attached hydrogens (tertiary/aromatic N) is 3. The van der Waals surface area contributed by atoms with Crippen molar-refractivity contribution in [3.8, 4) is 5.75 Å². The zero-order chi connectivity index (χ0) is 19.2. The summed E-state index contributed by atoms with van der Waals surface area (Å²) >= 11 is 0. The van der Waals surface area contributed by atoms with Crippen molar-refractivity contribution < 1.29 is 14.3 Å². The number of likely N-dealkylation sites (tertiary alicyclic amines) is 1. The zero-order valence-corrected chi connectivity index (χ0v) is 16.1. The number of likely N-dealkylation sites (N-methyl/N-ethyl adjacent to an activating group) is 1. The van der Waals surface area contributed by atoms with Crippen molar-refractivity contribution in [3.05, 3.63) is 29.8 Å². The van der Waals surface area contributed by atoms with Crippen LogP contribution in [0.2, 0.25) is 0 Å². The number of carbonyl (C=O) groups is 2. The molecule has 3 rings (SSSR count). The molecule has 2 amide bonds.